The van der Waals surface area contributed by atoms with Gasteiger partial charge >= 0.3 is 0 Å². The molecule has 2 heterocycles. The number of nitrogens with zero attached hydrogens (tertiary/aromatic N) is 5. The van der Waals surface area contributed by atoms with Crippen molar-refractivity contribution in [1.82, 2.24) is 4.98 Å². The molecule has 0 N–H and O–H groups in total. The third-order valence-corrected chi connectivity index (χ3v) is 4.96. The highest BCUT2D eigenvalue weighted by atomic mass is 79.9. The molecule has 0 bridgehead atoms. The Morgan fingerprint density at radius 3 is 3.05 bits per heavy atom. The molecule has 0 aromatic carbocycles. The first kappa shape index (κ1) is 14.6. The van der Waals surface area contributed by atoms with Gasteiger partial charge in [-0.3, -0.25) is 9.69 Å². The van der Waals surface area contributed by atoms with Crippen molar-refractivity contribution in [2.45, 2.75) is 6.42 Å². The van der Waals surface area contributed by atoms with Crippen molar-refractivity contribution < 1.29 is 4.79 Å². The normalized spacial score (nSPS) is 18.6. The van der Waals surface area contributed by atoms with E-state index in [1.807, 2.05) is 0 Å². The lowest BCUT2D eigenvalue weighted by molar-refractivity contribution is -0.117. The summed E-state index contributed by atoms with van der Waals surface area (Å²) in [6.07, 6.45) is 1.90. The maximum Gasteiger partial charge on any atom is 0.228 e. The van der Waals surface area contributed by atoms with Crippen molar-refractivity contribution in [2.24, 2.45) is 11.0 Å². The number of rotatable bonds is 3. The van der Waals surface area contributed by atoms with Crippen LogP contribution >= 0.6 is 43.5 Å². The summed E-state index contributed by atoms with van der Waals surface area (Å²) in [5.74, 6) is 0.450. The lowest BCUT2D eigenvalue weighted by Crippen LogP contribution is -2.26. The van der Waals surface area contributed by atoms with Gasteiger partial charge in [0.2, 0.25) is 5.91 Å². The van der Waals surface area contributed by atoms with Crippen molar-refractivity contribution in [2.75, 3.05) is 18.0 Å². The average molecular weight is 409 g/mol. The molecular formula is C10H8Br2ClN5O. The predicted molar refractivity (Wildman–Crippen MR) is 79.1 cm³/mol. The van der Waals surface area contributed by atoms with Gasteiger partial charge < -0.3 is 0 Å². The molecule has 1 amide bonds. The number of carbonyl (C=O) groups excluding carboxylic acids is 1. The van der Waals surface area contributed by atoms with Crippen LogP contribution in [0.1, 0.15) is 6.42 Å². The van der Waals surface area contributed by atoms with Gasteiger partial charge in [-0.05, 0) is 43.3 Å². The van der Waals surface area contributed by atoms with Gasteiger partial charge in [0.05, 0.1) is 14.0 Å². The Kier molecular flexibility index (Phi) is 4.67. The summed E-state index contributed by atoms with van der Waals surface area (Å²) in [5.41, 5.74) is 8.30. The largest absolute Gasteiger partial charge is 0.296 e. The number of amides is 1. The van der Waals surface area contributed by atoms with Gasteiger partial charge in [-0.25, -0.2) is 4.98 Å². The molecule has 2 rings (SSSR count). The molecule has 0 aliphatic carbocycles. The van der Waals surface area contributed by atoms with E-state index in [-0.39, 0.29) is 11.8 Å². The first-order chi connectivity index (χ1) is 9.04. The summed E-state index contributed by atoms with van der Waals surface area (Å²) < 4.78 is 1.23. The third kappa shape index (κ3) is 3.02. The van der Waals surface area contributed by atoms with Gasteiger partial charge in [0, 0.05) is 30.6 Å². The zero-order chi connectivity index (χ0) is 14.0. The Balaban J connectivity index is 2.26. The summed E-state index contributed by atoms with van der Waals surface area (Å²) in [7, 11) is 0. The maximum absolute atomic E-state index is 12.0. The second kappa shape index (κ2) is 6.09. The number of aromatic nitrogens is 1. The molecule has 1 aromatic heterocycles. The number of carbonyl (C=O) groups is 1. The van der Waals surface area contributed by atoms with Gasteiger partial charge in [-0.2, -0.15) is 0 Å². The van der Waals surface area contributed by atoms with E-state index in [1.54, 1.807) is 11.1 Å². The maximum atomic E-state index is 12.0. The van der Waals surface area contributed by atoms with Crippen LogP contribution in [0.3, 0.4) is 0 Å². The number of pyridine rings is 1. The van der Waals surface area contributed by atoms with E-state index in [4.69, 9.17) is 17.1 Å². The van der Waals surface area contributed by atoms with Gasteiger partial charge in [-0.15, -0.1) is 0 Å². The average Bonchev–Trinajstić information content (AvgIpc) is 2.75. The van der Waals surface area contributed by atoms with E-state index >= 15 is 0 Å². The zero-order valence-electron chi connectivity index (χ0n) is 9.55. The van der Waals surface area contributed by atoms with Crippen molar-refractivity contribution >= 4 is 55.2 Å². The summed E-state index contributed by atoms with van der Waals surface area (Å²) in [6.45, 7) is 0.780. The lowest BCUT2D eigenvalue weighted by Gasteiger charge is -2.17. The summed E-state index contributed by atoms with van der Waals surface area (Å²) in [5, 5.41) is 3.98. The molecule has 1 atom stereocenters. The summed E-state index contributed by atoms with van der Waals surface area (Å²) in [4.78, 5) is 20.4. The van der Waals surface area contributed by atoms with Crippen molar-refractivity contribution in [3.63, 3.8) is 0 Å². The minimum absolute atomic E-state index is 0.0134. The van der Waals surface area contributed by atoms with Crippen LogP contribution in [-0.2, 0) is 4.79 Å². The molecule has 1 aromatic rings. The highest BCUT2D eigenvalue weighted by Crippen LogP contribution is 2.38. The molecule has 0 radical (unpaired) electrons. The minimum Gasteiger partial charge on any atom is -0.296 e. The topological polar surface area (TPSA) is 82.0 Å². The second-order valence-corrected chi connectivity index (χ2v) is 6.07. The van der Waals surface area contributed by atoms with Crippen LogP contribution in [0.2, 0.25) is 5.02 Å². The first-order valence-electron chi connectivity index (χ1n) is 5.35. The fraction of sp³-hybridized carbons (Fsp3) is 0.400. The molecule has 6 nitrogen and oxygen atoms in total. The Morgan fingerprint density at radius 2 is 2.37 bits per heavy atom. The molecule has 1 saturated heterocycles. The number of anilines is 1. The van der Waals surface area contributed by atoms with Crippen LogP contribution in [0.15, 0.2) is 20.3 Å². The molecule has 1 unspecified atom stereocenters. The molecule has 0 saturated carbocycles. The van der Waals surface area contributed by atoms with Gasteiger partial charge in [0.1, 0.15) is 0 Å². The van der Waals surface area contributed by atoms with Gasteiger partial charge in [0.15, 0.2) is 5.82 Å². The molecule has 0 spiro atoms. The van der Waals surface area contributed by atoms with E-state index in [0.29, 0.717) is 39.3 Å². The highest BCUT2D eigenvalue weighted by Gasteiger charge is 2.32. The van der Waals surface area contributed by atoms with E-state index in [1.165, 1.54) is 0 Å². The van der Waals surface area contributed by atoms with Crippen LogP contribution in [-0.4, -0.2) is 24.0 Å². The molecule has 100 valence electrons. The van der Waals surface area contributed by atoms with Crippen molar-refractivity contribution in [1.29, 1.82) is 0 Å². The molecule has 19 heavy (non-hydrogen) atoms. The zero-order valence-corrected chi connectivity index (χ0v) is 13.5. The number of hydrogen-bond acceptors (Lipinski definition) is 3. The third-order valence-electron chi connectivity index (χ3n) is 2.76. The van der Waals surface area contributed by atoms with Crippen LogP contribution in [0, 0.1) is 5.92 Å². The second-order valence-electron chi connectivity index (χ2n) is 4.05. The van der Waals surface area contributed by atoms with Crippen molar-refractivity contribution in [3.05, 3.63) is 30.6 Å². The SMILES string of the molecule is [N-]=[N+]=NCC1CC(=O)N(c2ncc(Br)c(Cl)c2Br)C1. The van der Waals surface area contributed by atoms with E-state index < -0.39 is 0 Å². The molecule has 1 fully saturated rings. The Hall–Kier alpha value is -0.820. The fourth-order valence-corrected chi connectivity index (χ4v) is 3.11. The molecule has 9 heteroatoms. The van der Waals surface area contributed by atoms with Gasteiger partial charge in [0.25, 0.3) is 0 Å². The highest BCUT2D eigenvalue weighted by molar-refractivity contribution is 9.11. The molecule has 1 aliphatic heterocycles. The Labute approximate surface area is 131 Å². The van der Waals surface area contributed by atoms with E-state index in [2.05, 4.69) is 46.9 Å². The van der Waals surface area contributed by atoms with Crippen LogP contribution < -0.4 is 4.90 Å². The predicted octanol–water partition coefficient (Wildman–Crippen LogP) is 3.92. The van der Waals surface area contributed by atoms with Crippen LogP contribution in [0.4, 0.5) is 5.82 Å². The van der Waals surface area contributed by atoms with E-state index in [9.17, 15) is 4.79 Å². The smallest absolute Gasteiger partial charge is 0.228 e. The summed E-state index contributed by atoms with van der Waals surface area (Å²) >= 11 is 12.7. The molecular weight excluding hydrogens is 401 g/mol. The summed E-state index contributed by atoms with van der Waals surface area (Å²) in [6, 6.07) is 0. The molecule has 1 aliphatic rings. The minimum atomic E-state index is -0.0512. The number of halogens is 3. The monoisotopic (exact) mass is 407 g/mol. The standard InChI is InChI=1S/C10H8Br2ClN5O/c11-6-3-15-10(8(12)9(6)13)18-4-5(1-7(18)19)2-16-17-14/h3,5H,1-2,4H2. The first-order valence-corrected chi connectivity index (χ1v) is 7.31. The quantitative estimate of drug-likeness (QED) is 0.431. The lowest BCUT2D eigenvalue weighted by atomic mass is 10.1. The Bertz CT molecular complexity index is 575. The number of hydrogen-bond donors (Lipinski definition) is 0. The van der Waals surface area contributed by atoms with Crippen LogP contribution in [0.25, 0.3) is 10.4 Å². The van der Waals surface area contributed by atoms with Crippen molar-refractivity contribution in [3.8, 4) is 0 Å². The van der Waals surface area contributed by atoms with Gasteiger partial charge in [-0.1, -0.05) is 16.7 Å². The number of azide groups is 1. The van der Waals surface area contributed by atoms with Crippen LogP contribution in [0.5, 0.6) is 0 Å². The Morgan fingerprint density at radius 1 is 1.63 bits per heavy atom. The van der Waals surface area contributed by atoms with E-state index in [0.717, 1.165) is 0 Å². The fourth-order valence-electron chi connectivity index (χ4n) is 1.88.